The largest absolute Gasteiger partial charge is 0.493 e. The number of halogens is 1. The molecule has 0 aromatic heterocycles. The number of benzene rings is 3. The molecule has 3 aromatic rings. The van der Waals surface area contributed by atoms with E-state index in [1.54, 1.807) is 19.4 Å². The molecule has 172 valence electrons. The highest BCUT2D eigenvalue weighted by Gasteiger charge is 2.10. The van der Waals surface area contributed by atoms with Gasteiger partial charge in [0.1, 0.15) is 12.4 Å². The minimum atomic E-state index is -0.348. The molecule has 0 aliphatic rings. The summed E-state index contributed by atoms with van der Waals surface area (Å²) in [6.07, 6.45) is 1.54. The van der Waals surface area contributed by atoms with Gasteiger partial charge in [-0.05, 0) is 59.0 Å². The molecule has 0 aliphatic heterocycles. The molecule has 0 saturated heterocycles. The SMILES string of the molecule is COc1cc(/C=N/NC(=O)COc2ccc(Br)cc2C(C)C)ccc1OCc1ccccc1. The first kappa shape index (κ1) is 24.3. The Morgan fingerprint density at radius 3 is 2.48 bits per heavy atom. The van der Waals surface area contributed by atoms with Crippen LogP contribution in [0.25, 0.3) is 0 Å². The highest BCUT2D eigenvalue weighted by atomic mass is 79.9. The van der Waals surface area contributed by atoms with Crippen LogP contribution in [0.5, 0.6) is 17.2 Å². The highest BCUT2D eigenvalue weighted by molar-refractivity contribution is 9.10. The van der Waals surface area contributed by atoms with Crippen LogP contribution >= 0.6 is 15.9 Å². The van der Waals surface area contributed by atoms with E-state index in [9.17, 15) is 4.79 Å². The Hall–Kier alpha value is -3.32. The first-order valence-electron chi connectivity index (χ1n) is 10.5. The number of hydrogen-bond donors (Lipinski definition) is 1. The third-order valence-electron chi connectivity index (χ3n) is 4.78. The highest BCUT2D eigenvalue weighted by Crippen LogP contribution is 2.30. The number of hydrazone groups is 1. The van der Waals surface area contributed by atoms with E-state index in [0.29, 0.717) is 23.9 Å². The van der Waals surface area contributed by atoms with E-state index in [1.165, 1.54) is 0 Å². The van der Waals surface area contributed by atoms with Gasteiger partial charge in [0.25, 0.3) is 5.91 Å². The van der Waals surface area contributed by atoms with Crippen molar-refractivity contribution >= 4 is 28.1 Å². The summed E-state index contributed by atoms with van der Waals surface area (Å²) in [5.41, 5.74) is 5.34. The Balaban J connectivity index is 1.54. The number of amides is 1. The fourth-order valence-corrected chi connectivity index (χ4v) is 3.45. The predicted molar refractivity (Wildman–Crippen MR) is 133 cm³/mol. The molecule has 0 bridgehead atoms. The van der Waals surface area contributed by atoms with Crippen LogP contribution in [-0.4, -0.2) is 25.8 Å². The second-order valence-corrected chi connectivity index (χ2v) is 8.52. The smallest absolute Gasteiger partial charge is 0.277 e. The van der Waals surface area contributed by atoms with Crippen molar-refractivity contribution in [1.82, 2.24) is 5.43 Å². The van der Waals surface area contributed by atoms with Gasteiger partial charge in [-0.15, -0.1) is 0 Å². The molecule has 7 heteroatoms. The molecule has 1 amide bonds. The maximum atomic E-state index is 12.1. The number of carbonyl (C=O) groups excluding carboxylic acids is 1. The maximum Gasteiger partial charge on any atom is 0.277 e. The van der Waals surface area contributed by atoms with Crippen molar-refractivity contribution in [2.24, 2.45) is 5.10 Å². The Kier molecular flexibility index (Phi) is 8.89. The molecule has 0 unspecified atom stereocenters. The molecule has 0 aliphatic carbocycles. The average Bonchev–Trinajstić information content (AvgIpc) is 2.82. The summed E-state index contributed by atoms with van der Waals surface area (Å²) >= 11 is 3.46. The second kappa shape index (κ2) is 12.1. The number of nitrogens with zero attached hydrogens (tertiary/aromatic N) is 1. The molecular weight excluding hydrogens is 484 g/mol. The number of nitrogens with one attached hydrogen (secondary N) is 1. The van der Waals surface area contributed by atoms with Crippen molar-refractivity contribution < 1.29 is 19.0 Å². The van der Waals surface area contributed by atoms with Crippen LogP contribution in [0, 0.1) is 0 Å². The number of ether oxygens (including phenoxy) is 3. The van der Waals surface area contributed by atoms with E-state index in [-0.39, 0.29) is 18.4 Å². The summed E-state index contributed by atoms with van der Waals surface area (Å²) in [6.45, 7) is 4.46. The molecule has 0 heterocycles. The lowest BCUT2D eigenvalue weighted by molar-refractivity contribution is -0.123. The van der Waals surface area contributed by atoms with Crippen LogP contribution < -0.4 is 19.6 Å². The van der Waals surface area contributed by atoms with Crippen LogP contribution in [0.1, 0.15) is 36.5 Å². The van der Waals surface area contributed by atoms with Gasteiger partial charge < -0.3 is 14.2 Å². The number of methoxy groups -OCH3 is 1. The Bertz CT molecular complexity index is 1100. The van der Waals surface area contributed by atoms with Gasteiger partial charge in [0.15, 0.2) is 18.1 Å². The molecule has 0 spiro atoms. The summed E-state index contributed by atoms with van der Waals surface area (Å²) in [4.78, 5) is 12.1. The summed E-state index contributed by atoms with van der Waals surface area (Å²) < 4.78 is 18.0. The lowest BCUT2D eigenvalue weighted by atomic mass is 10.0. The van der Waals surface area contributed by atoms with E-state index in [2.05, 4.69) is 40.3 Å². The van der Waals surface area contributed by atoms with Crippen molar-refractivity contribution in [3.63, 3.8) is 0 Å². The molecule has 0 fully saturated rings. The first-order valence-corrected chi connectivity index (χ1v) is 11.3. The molecule has 33 heavy (non-hydrogen) atoms. The fraction of sp³-hybridized carbons (Fsp3) is 0.231. The van der Waals surface area contributed by atoms with Crippen molar-refractivity contribution in [1.29, 1.82) is 0 Å². The minimum Gasteiger partial charge on any atom is -0.493 e. The molecule has 3 rings (SSSR count). The Labute approximate surface area is 202 Å². The third-order valence-corrected chi connectivity index (χ3v) is 5.27. The second-order valence-electron chi connectivity index (χ2n) is 7.60. The number of rotatable bonds is 10. The molecule has 1 N–H and O–H groups in total. The van der Waals surface area contributed by atoms with Gasteiger partial charge in [-0.1, -0.05) is 60.1 Å². The maximum absolute atomic E-state index is 12.1. The number of hydrogen-bond acceptors (Lipinski definition) is 5. The van der Waals surface area contributed by atoms with E-state index in [1.807, 2.05) is 60.7 Å². The molecule has 6 nitrogen and oxygen atoms in total. The van der Waals surface area contributed by atoms with Crippen molar-refractivity contribution in [2.45, 2.75) is 26.4 Å². The van der Waals surface area contributed by atoms with Gasteiger partial charge in [0, 0.05) is 4.47 Å². The van der Waals surface area contributed by atoms with Crippen LogP contribution in [0.4, 0.5) is 0 Å². The van der Waals surface area contributed by atoms with Gasteiger partial charge >= 0.3 is 0 Å². The molecule has 0 atom stereocenters. The fourth-order valence-electron chi connectivity index (χ4n) is 3.08. The molecule has 0 saturated carbocycles. The summed E-state index contributed by atoms with van der Waals surface area (Å²) in [6, 6.07) is 21.1. The van der Waals surface area contributed by atoms with Crippen LogP contribution in [0.2, 0.25) is 0 Å². The molecule has 3 aromatic carbocycles. The van der Waals surface area contributed by atoms with Crippen molar-refractivity contribution in [3.05, 3.63) is 87.9 Å². The van der Waals surface area contributed by atoms with Gasteiger partial charge in [-0.25, -0.2) is 5.43 Å². The standard InChI is InChI=1S/C26H27BrN2O4/c1-18(2)22-14-21(27)10-12-23(22)33-17-26(30)29-28-15-20-9-11-24(25(13-20)31-3)32-16-19-7-5-4-6-8-19/h4-15,18H,16-17H2,1-3H3,(H,29,30)/b28-15+. The zero-order valence-electron chi connectivity index (χ0n) is 18.9. The van der Waals surface area contributed by atoms with E-state index >= 15 is 0 Å². The summed E-state index contributed by atoms with van der Waals surface area (Å²) in [5, 5.41) is 4.02. The minimum absolute atomic E-state index is 0.131. The van der Waals surface area contributed by atoms with Gasteiger partial charge in [-0.2, -0.15) is 5.10 Å². The van der Waals surface area contributed by atoms with E-state index in [4.69, 9.17) is 14.2 Å². The lowest BCUT2D eigenvalue weighted by Gasteiger charge is -2.14. The average molecular weight is 511 g/mol. The first-order chi connectivity index (χ1) is 16.0. The van der Waals surface area contributed by atoms with Gasteiger partial charge in [0.2, 0.25) is 0 Å². The van der Waals surface area contributed by atoms with E-state index in [0.717, 1.165) is 21.2 Å². The van der Waals surface area contributed by atoms with Crippen LogP contribution in [-0.2, 0) is 11.4 Å². The van der Waals surface area contributed by atoms with Crippen molar-refractivity contribution in [2.75, 3.05) is 13.7 Å². The van der Waals surface area contributed by atoms with Gasteiger partial charge in [-0.3, -0.25) is 4.79 Å². The third kappa shape index (κ3) is 7.36. The summed E-state index contributed by atoms with van der Waals surface area (Å²) in [5.74, 6) is 1.82. The molecule has 0 radical (unpaired) electrons. The van der Waals surface area contributed by atoms with Crippen LogP contribution in [0.15, 0.2) is 76.3 Å². The van der Waals surface area contributed by atoms with Crippen LogP contribution in [0.3, 0.4) is 0 Å². The van der Waals surface area contributed by atoms with Crippen molar-refractivity contribution in [3.8, 4) is 17.2 Å². The Morgan fingerprint density at radius 2 is 1.76 bits per heavy atom. The molecular formula is C26H27BrN2O4. The van der Waals surface area contributed by atoms with Gasteiger partial charge in [0.05, 0.1) is 13.3 Å². The van der Waals surface area contributed by atoms with E-state index < -0.39 is 0 Å². The Morgan fingerprint density at radius 1 is 1.00 bits per heavy atom. The lowest BCUT2D eigenvalue weighted by Crippen LogP contribution is -2.24. The summed E-state index contributed by atoms with van der Waals surface area (Å²) in [7, 11) is 1.58. The zero-order chi connectivity index (χ0) is 23.6. The quantitative estimate of drug-likeness (QED) is 0.281. The monoisotopic (exact) mass is 510 g/mol. The topological polar surface area (TPSA) is 69.2 Å². The normalized spacial score (nSPS) is 10.9. The number of carbonyl (C=O) groups is 1. The zero-order valence-corrected chi connectivity index (χ0v) is 20.5. The predicted octanol–water partition coefficient (Wildman–Crippen LogP) is 5.69.